The van der Waals surface area contributed by atoms with Crippen molar-refractivity contribution >= 4 is 11.6 Å². The Morgan fingerprint density at radius 3 is 2.73 bits per heavy atom. The SMILES string of the molecule is CCOc1ncccc1C(=O)Nc1ccccc1[C@H](C)CC. The largest absolute Gasteiger partial charge is 0.477 e. The van der Waals surface area contributed by atoms with Crippen molar-refractivity contribution in [3.63, 3.8) is 0 Å². The average Bonchev–Trinajstić information content (AvgIpc) is 2.55. The molecule has 2 aromatic rings. The van der Waals surface area contributed by atoms with Gasteiger partial charge in [-0.2, -0.15) is 0 Å². The van der Waals surface area contributed by atoms with Crippen LogP contribution in [0.2, 0.25) is 0 Å². The van der Waals surface area contributed by atoms with Crippen molar-refractivity contribution in [2.75, 3.05) is 11.9 Å². The topological polar surface area (TPSA) is 51.2 Å². The number of hydrogen-bond acceptors (Lipinski definition) is 3. The summed E-state index contributed by atoms with van der Waals surface area (Å²) in [7, 11) is 0. The highest BCUT2D eigenvalue weighted by atomic mass is 16.5. The highest BCUT2D eigenvalue weighted by Gasteiger charge is 2.16. The van der Waals surface area contributed by atoms with E-state index in [4.69, 9.17) is 4.74 Å². The molecular weight excluding hydrogens is 276 g/mol. The third kappa shape index (κ3) is 3.64. The Labute approximate surface area is 131 Å². The molecule has 4 nitrogen and oxygen atoms in total. The van der Waals surface area contributed by atoms with Gasteiger partial charge in [0.15, 0.2) is 0 Å². The van der Waals surface area contributed by atoms with E-state index in [1.165, 1.54) is 0 Å². The fourth-order valence-corrected chi connectivity index (χ4v) is 2.27. The molecule has 0 aliphatic rings. The van der Waals surface area contributed by atoms with Crippen LogP contribution in [0, 0.1) is 0 Å². The summed E-state index contributed by atoms with van der Waals surface area (Å²) in [6, 6.07) is 11.4. The minimum Gasteiger partial charge on any atom is -0.477 e. The molecule has 1 heterocycles. The summed E-state index contributed by atoms with van der Waals surface area (Å²) in [5, 5.41) is 2.98. The van der Waals surface area contributed by atoms with Crippen LogP contribution in [0.5, 0.6) is 5.88 Å². The number of para-hydroxylation sites is 1. The standard InChI is InChI=1S/C18H22N2O2/c1-4-13(3)14-9-6-7-11-16(14)20-17(21)15-10-8-12-19-18(15)22-5-2/h6-13H,4-5H2,1-3H3,(H,20,21)/t13-/m1/s1. The number of pyridine rings is 1. The van der Waals surface area contributed by atoms with E-state index in [1.807, 2.05) is 25.1 Å². The Hall–Kier alpha value is -2.36. The van der Waals surface area contributed by atoms with E-state index < -0.39 is 0 Å². The van der Waals surface area contributed by atoms with Gasteiger partial charge in [0, 0.05) is 11.9 Å². The molecular formula is C18H22N2O2. The maximum absolute atomic E-state index is 12.5. The summed E-state index contributed by atoms with van der Waals surface area (Å²) >= 11 is 0. The van der Waals surface area contributed by atoms with Gasteiger partial charge in [-0.1, -0.05) is 32.0 Å². The van der Waals surface area contributed by atoms with Gasteiger partial charge in [0.1, 0.15) is 5.56 Å². The van der Waals surface area contributed by atoms with Crippen LogP contribution in [0.3, 0.4) is 0 Å². The number of carbonyl (C=O) groups is 1. The number of carbonyl (C=O) groups excluding carboxylic acids is 1. The van der Waals surface area contributed by atoms with Gasteiger partial charge in [0.05, 0.1) is 6.61 Å². The Bertz CT molecular complexity index is 640. The molecule has 0 unspecified atom stereocenters. The van der Waals surface area contributed by atoms with Crippen LogP contribution in [0.4, 0.5) is 5.69 Å². The first-order valence-corrected chi connectivity index (χ1v) is 7.65. The van der Waals surface area contributed by atoms with E-state index >= 15 is 0 Å². The first kappa shape index (κ1) is 16.0. The lowest BCUT2D eigenvalue weighted by atomic mass is 9.97. The molecule has 1 aromatic heterocycles. The van der Waals surface area contributed by atoms with Crippen LogP contribution in [-0.4, -0.2) is 17.5 Å². The third-order valence-electron chi connectivity index (χ3n) is 3.65. The molecule has 0 spiro atoms. The van der Waals surface area contributed by atoms with E-state index in [0.717, 1.165) is 17.7 Å². The Morgan fingerprint density at radius 2 is 2.00 bits per heavy atom. The van der Waals surface area contributed by atoms with E-state index in [0.29, 0.717) is 24.0 Å². The van der Waals surface area contributed by atoms with Crippen molar-refractivity contribution in [2.24, 2.45) is 0 Å². The number of nitrogens with zero attached hydrogens (tertiary/aromatic N) is 1. The number of aromatic nitrogens is 1. The molecule has 0 saturated carbocycles. The molecule has 1 atom stereocenters. The lowest BCUT2D eigenvalue weighted by Gasteiger charge is -2.16. The van der Waals surface area contributed by atoms with Crippen LogP contribution < -0.4 is 10.1 Å². The van der Waals surface area contributed by atoms with Gasteiger partial charge in [0.2, 0.25) is 5.88 Å². The van der Waals surface area contributed by atoms with Crippen molar-refractivity contribution in [3.8, 4) is 5.88 Å². The summed E-state index contributed by atoms with van der Waals surface area (Å²) in [5.41, 5.74) is 2.43. The molecule has 1 aromatic carbocycles. The summed E-state index contributed by atoms with van der Waals surface area (Å²) < 4.78 is 5.42. The maximum Gasteiger partial charge on any atom is 0.261 e. The first-order valence-electron chi connectivity index (χ1n) is 7.65. The van der Waals surface area contributed by atoms with Gasteiger partial charge >= 0.3 is 0 Å². The minimum absolute atomic E-state index is 0.202. The zero-order chi connectivity index (χ0) is 15.9. The van der Waals surface area contributed by atoms with E-state index in [-0.39, 0.29) is 5.91 Å². The fourth-order valence-electron chi connectivity index (χ4n) is 2.27. The second kappa shape index (κ2) is 7.59. The van der Waals surface area contributed by atoms with Gasteiger partial charge < -0.3 is 10.1 Å². The Morgan fingerprint density at radius 1 is 1.23 bits per heavy atom. The zero-order valence-corrected chi connectivity index (χ0v) is 13.3. The number of nitrogens with one attached hydrogen (secondary N) is 1. The second-order valence-electron chi connectivity index (χ2n) is 5.14. The summed E-state index contributed by atoms with van der Waals surface area (Å²) in [4.78, 5) is 16.7. The Balaban J connectivity index is 2.27. The van der Waals surface area contributed by atoms with Gasteiger partial charge in [-0.3, -0.25) is 4.79 Å². The van der Waals surface area contributed by atoms with E-state index in [1.54, 1.807) is 18.3 Å². The van der Waals surface area contributed by atoms with Crippen molar-refractivity contribution in [2.45, 2.75) is 33.1 Å². The lowest BCUT2D eigenvalue weighted by molar-refractivity contribution is 0.102. The van der Waals surface area contributed by atoms with Gasteiger partial charge in [-0.25, -0.2) is 4.98 Å². The highest BCUT2D eigenvalue weighted by molar-refractivity contribution is 6.06. The third-order valence-corrected chi connectivity index (χ3v) is 3.65. The zero-order valence-electron chi connectivity index (χ0n) is 13.3. The van der Waals surface area contributed by atoms with Gasteiger partial charge in [-0.15, -0.1) is 0 Å². The molecule has 4 heteroatoms. The van der Waals surface area contributed by atoms with E-state index in [2.05, 4.69) is 30.2 Å². The normalized spacial score (nSPS) is 11.8. The van der Waals surface area contributed by atoms with Crippen molar-refractivity contribution in [3.05, 3.63) is 53.7 Å². The lowest BCUT2D eigenvalue weighted by Crippen LogP contribution is -2.16. The molecule has 1 amide bonds. The van der Waals surface area contributed by atoms with E-state index in [9.17, 15) is 4.79 Å². The van der Waals surface area contributed by atoms with Crippen molar-refractivity contribution in [1.29, 1.82) is 0 Å². The van der Waals surface area contributed by atoms with Crippen molar-refractivity contribution in [1.82, 2.24) is 4.98 Å². The number of anilines is 1. The van der Waals surface area contributed by atoms with Crippen LogP contribution in [0.25, 0.3) is 0 Å². The summed E-state index contributed by atoms with van der Waals surface area (Å²) in [6.45, 7) is 6.63. The molecule has 0 aliphatic carbocycles. The van der Waals surface area contributed by atoms with Crippen LogP contribution in [0.15, 0.2) is 42.6 Å². The van der Waals surface area contributed by atoms with Gasteiger partial charge in [-0.05, 0) is 43.0 Å². The average molecular weight is 298 g/mol. The molecule has 0 aliphatic heterocycles. The van der Waals surface area contributed by atoms with Crippen LogP contribution in [0.1, 0.15) is 49.0 Å². The molecule has 22 heavy (non-hydrogen) atoms. The number of amides is 1. The van der Waals surface area contributed by atoms with Gasteiger partial charge in [0.25, 0.3) is 5.91 Å². The Kier molecular flexibility index (Phi) is 5.53. The predicted octanol–water partition coefficient (Wildman–Crippen LogP) is 4.25. The maximum atomic E-state index is 12.5. The molecule has 0 saturated heterocycles. The number of benzene rings is 1. The fraction of sp³-hybridized carbons (Fsp3) is 0.333. The first-order chi connectivity index (χ1) is 10.7. The summed E-state index contributed by atoms with van der Waals surface area (Å²) in [5.74, 6) is 0.549. The number of hydrogen-bond donors (Lipinski definition) is 1. The second-order valence-corrected chi connectivity index (χ2v) is 5.14. The molecule has 0 fully saturated rings. The summed E-state index contributed by atoms with van der Waals surface area (Å²) in [6.07, 6.45) is 2.64. The van der Waals surface area contributed by atoms with Crippen LogP contribution >= 0.6 is 0 Å². The highest BCUT2D eigenvalue weighted by Crippen LogP contribution is 2.27. The molecule has 0 bridgehead atoms. The smallest absolute Gasteiger partial charge is 0.261 e. The molecule has 116 valence electrons. The minimum atomic E-state index is -0.202. The molecule has 2 rings (SSSR count). The number of ether oxygens (including phenoxy) is 1. The number of rotatable bonds is 6. The van der Waals surface area contributed by atoms with Crippen molar-refractivity contribution < 1.29 is 9.53 Å². The molecule has 1 N–H and O–H groups in total. The molecule has 0 radical (unpaired) electrons. The van der Waals surface area contributed by atoms with Crippen LogP contribution in [-0.2, 0) is 0 Å². The quantitative estimate of drug-likeness (QED) is 0.867. The predicted molar refractivity (Wildman–Crippen MR) is 88.5 cm³/mol. The monoisotopic (exact) mass is 298 g/mol.